The van der Waals surface area contributed by atoms with E-state index >= 15 is 0 Å². The van der Waals surface area contributed by atoms with Crippen LogP contribution in [0.25, 0.3) is 0 Å². The van der Waals surface area contributed by atoms with Gasteiger partial charge in [0.2, 0.25) is 0 Å². The van der Waals surface area contributed by atoms with E-state index < -0.39 is 11.7 Å². The number of halogens is 3. The average molecular weight is 448 g/mol. The van der Waals surface area contributed by atoms with Crippen molar-refractivity contribution in [2.75, 3.05) is 39.3 Å². The molecule has 0 spiro atoms. The SMILES string of the molecule is CCNC(=NCC1(c2cccc(C(F)(F)F)c2)CC1)N1CCN(C(=O)c2ccco2)CC1. The summed E-state index contributed by atoms with van der Waals surface area (Å²) in [6.07, 6.45) is -1.22. The van der Waals surface area contributed by atoms with Crippen LogP contribution in [0.3, 0.4) is 0 Å². The van der Waals surface area contributed by atoms with E-state index in [1.54, 1.807) is 23.1 Å². The highest BCUT2D eigenvalue weighted by Gasteiger charge is 2.45. The number of nitrogens with zero attached hydrogens (tertiary/aromatic N) is 3. The molecule has 172 valence electrons. The molecule has 32 heavy (non-hydrogen) atoms. The Hall–Kier alpha value is -2.97. The van der Waals surface area contributed by atoms with Crippen molar-refractivity contribution in [1.29, 1.82) is 0 Å². The van der Waals surface area contributed by atoms with E-state index in [-0.39, 0.29) is 11.3 Å². The van der Waals surface area contributed by atoms with Gasteiger partial charge in [0.05, 0.1) is 18.4 Å². The molecule has 0 atom stereocenters. The Balaban J connectivity index is 1.42. The molecule has 1 amide bonds. The lowest BCUT2D eigenvalue weighted by Crippen LogP contribution is -2.53. The highest BCUT2D eigenvalue weighted by Crippen LogP contribution is 2.49. The lowest BCUT2D eigenvalue weighted by atomic mass is 9.94. The van der Waals surface area contributed by atoms with Crippen molar-refractivity contribution in [3.8, 4) is 0 Å². The lowest BCUT2D eigenvalue weighted by Gasteiger charge is -2.36. The summed E-state index contributed by atoms with van der Waals surface area (Å²) in [7, 11) is 0. The molecular weight excluding hydrogens is 421 g/mol. The molecule has 0 radical (unpaired) electrons. The number of furan rings is 1. The first-order valence-electron chi connectivity index (χ1n) is 10.9. The number of nitrogens with one attached hydrogen (secondary N) is 1. The molecule has 6 nitrogen and oxygen atoms in total. The largest absolute Gasteiger partial charge is 0.459 e. The summed E-state index contributed by atoms with van der Waals surface area (Å²) >= 11 is 0. The zero-order chi connectivity index (χ0) is 22.8. The molecule has 1 aromatic carbocycles. The van der Waals surface area contributed by atoms with Gasteiger partial charge in [0.1, 0.15) is 0 Å². The molecule has 0 unspecified atom stereocenters. The minimum absolute atomic E-state index is 0.127. The van der Waals surface area contributed by atoms with Crippen LogP contribution in [0.15, 0.2) is 52.1 Å². The van der Waals surface area contributed by atoms with Gasteiger partial charge in [-0.15, -0.1) is 0 Å². The third-order valence-corrected chi connectivity index (χ3v) is 6.12. The molecule has 2 fully saturated rings. The Kier molecular flexibility index (Phi) is 6.17. The van der Waals surface area contributed by atoms with Gasteiger partial charge >= 0.3 is 6.18 Å². The van der Waals surface area contributed by atoms with Gasteiger partial charge in [-0.1, -0.05) is 18.2 Å². The van der Waals surface area contributed by atoms with E-state index in [0.717, 1.165) is 24.9 Å². The van der Waals surface area contributed by atoms with Crippen LogP contribution in [0, 0.1) is 0 Å². The molecule has 2 aliphatic rings. The Labute approximate surface area is 185 Å². The number of rotatable bonds is 5. The summed E-state index contributed by atoms with van der Waals surface area (Å²) in [6, 6.07) is 8.96. The zero-order valence-electron chi connectivity index (χ0n) is 18.0. The van der Waals surface area contributed by atoms with Gasteiger partial charge < -0.3 is 19.5 Å². The number of carbonyl (C=O) groups excluding carboxylic acids is 1. The second kappa shape index (κ2) is 8.88. The van der Waals surface area contributed by atoms with Gasteiger partial charge in [0.25, 0.3) is 5.91 Å². The number of hydrogen-bond acceptors (Lipinski definition) is 3. The van der Waals surface area contributed by atoms with Crippen LogP contribution in [-0.4, -0.2) is 60.9 Å². The number of piperazine rings is 1. The first kappa shape index (κ1) is 22.2. The van der Waals surface area contributed by atoms with Crippen molar-refractivity contribution in [1.82, 2.24) is 15.1 Å². The molecule has 2 heterocycles. The van der Waals surface area contributed by atoms with Gasteiger partial charge in [0.15, 0.2) is 11.7 Å². The molecule has 1 saturated carbocycles. The van der Waals surface area contributed by atoms with Crippen LogP contribution in [0.4, 0.5) is 13.2 Å². The van der Waals surface area contributed by atoms with E-state index in [9.17, 15) is 18.0 Å². The number of hydrogen-bond donors (Lipinski definition) is 1. The second-order valence-corrected chi connectivity index (χ2v) is 8.29. The van der Waals surface area contributed by atoms with Gasteiger partial charge in [0, 0.05) is 38.1 Å². The number of amides is 1. The van der Waals surface area contributed by atoms with Crippen molar-refractivity contribution < 1.29 is 22.4 Å². The van der Waals surface area contributed by atoms with Crippen LogP contribution in [0.2, 0.25) is 0 Å². The maximum absolute atomic E-state index is 13.1. The quantitative estimate of drug-likeness (QED) is 0.559. The fourth-order valence-corrected chi connectivity index (χ4v) is 4.04. The number of aliphatic imine (C=N–C) groups is 1. The maximum atomic E-state index is 13.1. The van der Waals surface area contributed by atoms with E-state index in [0.29, 0.717) is 50.6 Å². The first-order valence-corrected chi connectivity index (χ1v) is 10.9. The zero-order valence-corrected chi connectivity index (χ0v) is 18.0. The van der Waals surface area contributed by atoms with Crippen LogP contribution >= 0.6 is 0 Å². The van der Waals surface area contributed by atoms with Crippen molar-refractivity contribution in [2.45, 2.75) is 31.4 Å². The number of guanidine groups is 1. The standard InChI is InChI=1S/C23H27F3N4O2/c1-2-27-21(30-12-10-29(11-13-30)20(31)19-7-4-14-32-19)28-16-22(8-9-22)17-5-3-6-18(15-17)23(24,25)26/h3-7,14-15H,2,8-13,16H2,1H3,(H,27,28). The van der Waals surface area contributed by atoms with E-state index in [2.05, 4.69) is 10.2 Å². The summed E-state index contributed by atoms with van der Waals surface area (Å²) in [6.45, 7) is 5.42. The second-order valence-electron chi connectivity index (χ2n) is 8.29. The minimum atomic E-state index is -4.35. The number of alkyl halides is 3. The molecule has 1 aromatic heterocycles. The van der Waals surface area contributed by atoms with Gasteiger partial charge in [-0.25, -0.2) is 0 Å². The molecular formula is C23H27F3N4O2. The van der Waals surface area contributed by atoms with Gasteiger partial charge in [-0.2, -0.15) is 13.2 Å². The average Bonchev–Trinajstić information content (AvgIpc) is 3.38. The summed E-state index contributed by atoms with van der Waals surface area (Å²) in [4.78, 5) is 21.1. The molecule has 1 aliphatic carbocycles. The van der Waals surface area contributed by atoms with Crippen molar-refractivity contribution in [3.05, 3.63) is 59.5 Å². The summed E-state index contributed by atoms with van der Waals surface area (Å²) in [5.41, 5.74) is -0.255. The Bertz CT molecular complexity index is 960. The normalized spacial score (nSPS) is 18.6. The Morgan fingerprint density at radius 2 is 1.84 bits per heavy atom. The third kappa shape index (κ3) is 4.76. The lowest BCUT2D eigenvalue weighted by molar-refractivity contribution is -0.137. The summed E-state index contributed by atoms with van der Waals surface area (Å²) < 4.78 is 44.6. The van der Waals surface area contributed by atoms with Crippen molar-refractivity contribution >= 4 is 11.9 Å². The molecule has 1 N–H and O–H groups in total. The molecule has 1 saturated heterocycles. The van der Waals surface area contributed by atoms with E-state index in [1.165, 1.54) is 18.4 Å². The van der Waals surface area contributed by atoms with Crippen LogP contribution in [-0.2, 0) is 11.6 Å². The summed E-state index contributed by atoms with van der Waals surface area (Å²) in [5, 5.41) is 3.29. The molecule has 1 aliphatic heterocycles. The number of benzene rings is 1. The molecule has 0 bridgehead atoms. The summed E-state index contributed by atoms with van der Waals surface area (Å²) in [5.74, 6) is 0.935. The fraction of sp³-hybridized carbons (Fsp3) is 0.478. The van der Waals surface area contributed by atoms with Crippen molar-refractivity contribution in [2.24, 2.45) is 4.99 Å². The predicted molar refractivity (Wildman–Crippen MR) is 115 cm³/mol. The minimum Gasteiger partial charge on any atom is -0.459 e. The Morgan fingerprint density at radius 1 is 1.12 bits per heavy atom. The molecule has 9 heteroatoms. The molecule has 4 rings (SSSR count). The van der Waals surface area contributed by atoms with Crippen molar-refractivity contribution in [3.63, 3.8) is 0 Å². The number of carbonyl (C=O) groups is 1. The van der Waals surface area contributed by atoms with Crippen LogP contribution < -0.4 is 5.32 Å². The van der Waals surface area contributed by atoms with Gasteiger partial charge in [-0.3, -0.25) is 9.79 Å². The Morgan fingerprint density at radius 3 is 2.44 bits per heavy atom. The van der Waals surface area contributed by atoms with Crippen LogP contribution in [0.5, 0.6) is 0 Å². The van der Waals surface area contributed by atoms with Crippen LogP contribution in [0.1, 0.15) is 41.4 Å². The fourth-order valence-electron chi connectivity index (χ4n) is 4.04. The first-order chi connectivity index (χ1) is 15.3. The van der Waals surface area contributed by atoms with E-state index in [4.69, 9.17) is 9.41 Å². The smallest absolute Gasteiger partial charge is 0.416 e. The monoisotopic (exact) mass is 448 g/mol. The predicted octanol–water partition coefficient (Wildman–Crippen LogP) is 3.75. The molecule has 2 aromatic rings. The topological polar surface area (TPSA) is 61.1 Å². The van der Waals surface area contributed by atoms with Gasteiger partial charge in [-0.05, 0) is 43.5 Å². The maximum Gasteiger partial charge on any atom is 0.416 e. The highest BCUT2D eigenvalue weighted by molar-refractivity contribution is 5.91. The highest BCUT2D eigenvalue weighted by atomic mass is 19.4. The third-order valence-electron chi connectivity index (χ3n) is 6.12. The van der Waals surface area contributed by atoms with E-state index in [1.807, 2.05) is 6.92 Å².